The average molecular weight is 282 g/mol. The Morgan fingerprint density at radius 3 is 2.50 bits per heavy atom. The summed E-state index contributed by atoms with van der Waals surface area (Å²) in [6.45, 7) is 7.93. The number of aliphatic hydroxyl groups excluding tert-OH is 1. The van der Waals surface area contributed by atoms with Crippen molar-refractivity contribution in [3.63, 3.8) is 0 Å². The second-order valence-corrected chi connectivity index (χ2v) is 5.98. The highest BCUT2D eigenvalue weighted by molar-refractivity contribution is 5.74. The molecule has 0 saturated heterocycles. The molecule has 2 unspecified atom stereocenters. The van der Waals surface area contributed by atoms with Gasteiger partial charge in [0.25, 0.3) is 0 Å². The monoisotopic (exact) mass is 282 g/mol. The van der Waals surface area contributed by atoms with Crippen LogP contribution < -0.4 is 10.6 Å². The first kappa shape index (κ1) is 16.4. The van der Waals surface area contributed by atoms with Crippen LogP contribution in [0.15, 0.2) is 24.3 Å². The van der Waals surface area contributed by atoms with Gasteiger partial charge in [-0.05, 0) is 18.4 Å². The molecule has 0 fully saturated rings. The highest BCUT2D eigenvalue weighted by Gasteiger charge is 2.22. The fourth-order valence-corrected chi connectivity index (χ4v) is 1.51. The minimum Gasteiger partial charge on any atom is -0.386 e. The van der Waals surface area contributed by atoms with Crippen molar-refractivity contribution < 1.29 is 14.3 Å². The van der Waals surface area contributed by atoms with Gasteiger partial charge in [-0.3, -0.25) is 0 Å². The van der Waals surface area contributed by atoms with Crippen molar-refractivity contribution in [3.8, 4) is 0 Å². The maximum Gasteiger partial charge on any atom is 0.315 e. The zero-order chi connectivity index (χ0) is 15.3. The van der Waals surface area contributed by atoms with Gasteiger partial charge in [0.1, 0.15) is 5.82 Å². The van der Waals surface area contributed by atoms with Gasteiger partial charge in [0.2, 0.25) is 0 Å². The van der Waals surface area contributed by atoms with E-state index in [2.05, 4.69) is 10.6 Å². The summed E-state index contributed by atoms with van der Waals surface area (Å²) in [5.74, 6) is -0.481. The third-order valence-corrected chi connectivity index (χ3v) is 3.37. The highest BCUT2D eigenvalue weighted by atomic mass is 19.1. The molecule has 0 saturated carbocycles. The maximum absolute atomic E-state index is 13.4. The Balaban J connectivity index is 2.48. The summed E-state index contributed by atoms with van der Waals surface area (Å²) in [5, 5.41) is 15.2. The SMILES string of the molecule is CC(NC(=O)NCC(O)c1ccccc1F)C(C)(C)C. The largest absolute Gasteiger partial charge is 0.386 e. The summed E-state index contributed by atoms with van der Waals surface area (Å²) in [6.07, 6.45) is -1.06. The van der Waals surface area contributed by atoms with Crippen LogP contribution in [0.25, 0.3) is 0 Å². The summed E-state index contributed by atoms with van der Waals surface area (Å²) in [5.41, 5.74) is 0.123. The number of nitrogens with one attached hydrogen (secondary N) is 2. The van der Waals surface area contributed by atoms with Crippen LogP contribution in [0.5, 0.6) is 0 Å². The smallest absolute Gasteiger partial charge is 0.315 e. The molecule has 0 bridgehead atoms. The van der Waals surface area contributed by atoms with Crippen LogP contribution in [0.1, 0.15) is 39.4 Å². The van der Waals surface area contributed by atoms with Gasteiger partial charge in [-0.15, -0.1) is 0 Å². The van der Waals surface area contributed by atoms with Crippen LogP contribution in [0.3, 0.4) is 0 Å². The second-order valence-electron chi connectivity index (χ2n) is 5.98. The van der Waals surface area contributed by atoms with Crippen LogP contribution >= 0.6 is 0 Å². The second kappa shape index (κ2) is 6.70. The van der Waals surface area contributed by atoms with Gasteiger partial charge in [0.15, 0.2) is 0 Å². The van der Waals surface area contributed by atoms with E-state index in [0.717, 1.165) is 0 Å². The van der Waals surface area contributed by atoms with E-state index in [0.29, 0.717) is 0 Å². The van der Waals surface area contributed by atoms with Crippen molar-refractivity contribution in [3.05, 3.63) is 35.6 Å². The molecule has 0 spiro atoms. The van der Waals surface area contributed by atoms with Crippen molar-refractivity contribution in [2.45, 2.75) is 39.8 Å². The zero-order valence-electron chi connectivity index (χ0n) is 12.4. The standard InChI is InChI=1S/C15H23FN2O2/c1-10(15(2,3)4)18-14(20)17-9-13(19)11-7-5-6-8-12(11)16/h5-8,10,13,19H,9H2,1-4H3,(H2,17,18,20). The number of urea groups is 1. The lowest BCUT2D eigenvalue weighted by molar-refractivity contribution is 0.166. The lowest BCUT2D eigenvalue weighted by atomic mass is 9.88. The van der Waals surface area contributed by atoms with Crippen LogP contribution in [0, 0.1) is 11.2 Å². The van der Waals surface area contributed by atoms with E-state index in [1.54, 1.807) is 12.1 Å². The van der Waals surface area contributed by atoms with E-state index >= 15 is 0 Å². The van der Waals surface area contributed by atoms with Gasteiger partial charge in [-0.25, -0.2) is 9.18 Å². The highest BCUT2D eigenvalue weighted by Crippen LogP contribution is 2.18. The molecule has 1 aromatic carbocycles. The molecule has 5 heteroatoms. The van der Waals surface area contributed by atoms with E-state index in [4.69, 9.17) is 0 Å². The number of benzene rings is 1. The van der Waals surface area contributed by atoms with Crippen molar-refractivity contribution in [2.75, 3.05) is 6.54 Å². The minimum atomic E-state index is -1.06. The first-order valence-corrected chi connectivity index (χ1v) is 6.68. The van der Waals surface area contributed by atoms with Crippen LogP contribution in [0.2, 0.25) is 0 Å². The van der Waals surface area contributed by atoms with Gasteiger partial charge >= 0.3 is 6.03 Å². The molecule has 20 heavy (non-hydrogen) atoms. The molecule has 4 nitrogen and oxygen atoms in total. The predicted molar refractivity (Wildman–Crippen MR) is 76.8 cm³/mol. The average Bonchev–Trinajstić information content (AvgIpc) is 2.35. The maximum atomic E-state index is 13.4. The number of carbonyl (C=O) groups excluding carboxylic acids is 1. The number of halogens is 1. The molecule has 0 aliphatic heterocycles. The Bertz CT molecular complexity index is 457. The summed E-state index contributed by atoms with van der Waals surface area (Å²) >= 11 is 0. The fraction of sp³-hybridized carbons (Fsp3) is 0.533. The number of carbonyl (C=O) groups is 1. The lowest BCUT2D eigenvalue weighted by Crippen LogP contribution is -2.47. The van der Waals surface area contributed by atoms with Crippen molar-refractivity contribution >= 4 is 6.03 Å². The molecule has 3 N–H and O–H groups in total. The molecule has 0 radical (unpaired) electrons. The lowest BCUT2D eigenvalue weighted by Gasteiger charge is -2.28. The molecule has 1 rings (SSSR count). The first-order chi connectivity index (χ1) is 9.21. The van der Waals surface area contributed by atoms with Gasteiger partial charge in [-0.2, -0.15) is 0 Å². The molecule has 1 aromatic rings. The fourth-order valence-electron chi connectivity index (χ4n) is 1.51. The summed E-state index contributed by atoms with van der Waals surface area (Å²) in [4.78, 5) is 11.7. The third kappa shape index (κ3) is 4.81. The summed E-state index contributed by atoms with van der Waals surface area (Å²) in [7, 11) is 0. The van der Waals surface area contributed by atoms with Crippen LogP contribution in [0.4, 0.5) is 9.18 Å². The molecular formula is C15H23FN2O2. The van der Waals surface area contributed by atoms with Gasteiger partial charge in [-0.1, -0.05) is 39.0 Å². The summed E-state index contributed by atoms with van der Waals surface area (Å²) < 4.78 is 13.4. The van der Waals surface area contributed by atoms with E-state index in [-0.39, 0.29) is 29.6 Å². The zero-order valence-corrected chi connectivity index (χ0v) is 12.4. The number of hydrogen-bond donors (Lipinski definition) is 3. The Morgan fingerprint density at radius 1 is 1.35 bits per heavy atom. The molecule has 0 heterocycles. The molecule has 2 amide bonds. The van der Waals surface area contributed by atoms with Crippen molar-refractivity contribution in [1.29, 1.82) is 0 Å². The van der Waals surface area contributed by atoms with Crippen LogP contribution in [-0.4, -0.2) is 23.7 Å². The molecule has 0 aliphatic rings. The minimum absolute atomic E-state index is 0.0203. The third-order valence-electron chi connectivity index (χ3n) is 3.37. The molecular weight excluding hydrogens is 259 g/mol. The molecule has 0 aliphatic carbocycles. The van der Waals surface area contributed by atoms with Crippen molar-refractivity contribution in [1.82, 2.24) is 10.6 Å². The molecule has 112 valence electrons. The first-order valence-electron chi connectivity index (χ1n) is 6.68. The van der Waals surface area contributed by atoms with Gasteiger partial charge in [0, 0.05) is 18.2 Å². The Labute approximate surface area is 119 Å². The number of aliphatic hydroxyl groups is 1. The van der Waals surface area contributed by atoms with Gasteiger partial charge < -0.3 is 15.7 Å². The Kier molecular flexibility index (Phi) is 5.51. The number of hydrogen-bond acceptors (Lipinski definition) is 2. The van der Waals surface area contributed by atoms with Gasteiger partial charge in [0.05, 0.1) is 6.10 Å². The van der Waals surface area contributed by atoms with E-state index in [1.165, 1.54) is 12.1 Å². The van der Waals surface area contributed by atoms with E-state index < -0.39 is 11.9 Å². The molecule has 2 atom stereocenters. The summed E-state index contributed by atoms with van der Waals surface area (Å²) in [6, 6.07) is 5.58. The van der Waals surface area contributed by atoms with E-state index in [1.807, 2.05) is 27.7 Å². The Hall–Kier alpha value is -1.62. The number of rotatable bonds is 4. The predicted octanol–water partition coefficient (Wildman–Crippen LogP) is 2.59. The number of amides is 2. The van der Waals surface area contributed by atoms with E-state index in [9.17, 15) is 14.3 Å². The molecule has 0 aromatic heterocycles. The van der Waals surface area contributed by atoms with Crippen LogP contribution in [-0.2, 0) is 0 Å². The quantitative estimate of drug-likeness (QED) is 0.795. The van der Waals surface area contributed by atoms with Crippen molar-refractivity contribution in [2.24, 2.45) is 5.41 Å². The Morgan fingerprint density at radius 2 is 1.95 bits per heavy atom. The topological polar surface area (TPSA) is 61.4 Å². The normalized spacial score (nSPS) is 14.5.